The highest BCUT2D eigenvalue weighted by Crippen LogP contribution is 2.21. The van der Waals surface area contributed by atoms with Crippen LogP contribution >= 0.6 is 0 Å². The molecule has 5 unspecified atom stereocenters. The van der Waals surface area contributed by atoms with Gasteiger partial charge in [0.1, 0.15) is 51.0 Å². The summed E-state index contributed by atoms with van der Waals surface area (Å²) >= 11 is 0. The zero-order valence-corrected chi connectivity index (χ0v) is 38.4. The average Bonchev–Trinajstić information content (AvgIpc) is 3.18. The normalized spacial score (nSPS) is 15.4. The zero-order valence-electron chi connectivity index (χ0n) is 38.4. The van der Waals surface area contributed by atoms with Crippen molar-refractivity contribution in [3.63, 3.8) is 0 Å². The van der Waals surface area contributed by atoms with E-state index in [1.165, 1.54) is 83.5 Å². The summed E-state index contributed by atoms with van der Waals surface area (Å²) in [4.78, 5) is 21.6. The van der Waals surface area contributed by atoms with Crippen molar-refractivity contribution in [2.24, 2.45) is 0 Å². The van der Waals surface area contributed by atoms with Crippen LogP contribution in [0, 0.1) is 0 Å². The first-order valence-corrected chi connectivity index (χ1v) is 23.0. The van der Waals surface area contributed by atoms with Gasteiger partial charge in [0.25, 0.3) is 0 Å². The van der Waals surface area contributed by atoms with Crippen LogP contribution in [0.15, 0.2) is 37.5 Å². The third-order valence-electron chi connectivity index (χ3n) is 10.7. The minimum atomic E-state index is -1.25. The van der Waals surface area contributed by atoms with Crippen molar-refractivity contribution in [3.8, 4) is 0 Å². The molecule has 0 aromatic heterocycles. The number of hydrogen-bond acceptors (Lipinski definition) is 10. The molecule has 12 nitrogen and oxygen atoms in total. The average molecular weight is 841 g/mol. The number of ether oxygens (including phenoxy) is 6. The van der Waals surface area contributed by atoms with Crippen LogP contribution in [0.2, 0.25) is 0 Å². The Labute approximate surface area is 360 Å². The van der Waals surface area contributed by atoms with Crippen LogP contribution in [0.25, 0.3) is 0 Å². The van der Waals surface area contributed by atoms with Crippen LogP contribution in [0.1, 0.15) is 125 Å². The third-order valence-corrected chi connectivity index (χ3v) is 10.7. The predicted octanol–water partition coefficient (Wildman–Crippen LogP) is 5.81. The maximum absolute atomic E-state index is 10.8. The molecule has 0 heterocycles. The lowest BCUT2D eigenvalue weighted by Crippen LogP contribution is -2.62. The minimum absolute atomic E-state index is 0.0469. The van der Waals surface area contributed by atoms with Gasteiger partial charge < -0.3 is 57.2 Å². The van der Waals surface area contributed by atoms with E-state index in [-0.39, 0.29) is 38.1 Å². The molecular weight excluding hydrogens is 753 g/mol. The maximum Gasteiger partial charge on any atom is 0.129 e. The molecule has 0 aliphatic carbocycles. The Morgan fingerprint density at radius 1 is 0.525 bits per heavy atom. The molecule has 59 heavy (non-hydrogen) atoms. The second-order valence-electron chi connectivity index (χ2n) is 16.4. The molecule has 346 valence electrons. The Kier molecular flexibility index (Phi) is 37.3. The Bertz CT molecular complexity index is 1060. The van der Waals surface area contributed by atoms with Gasteiger partial charge in [-0.25, -0.2) is 0 Å². The number of carboxylic acids is 2. The van der Waals surface area contributed by atoms with Crippen LogP contribution in [0.4, 0.5) is 0 Å². The number of carbonyl (C=O) groups excluding carboxylic acids is 2. The molecule has 0 amide bonds. The highest BCUT2D eigenvalue weighted by molar-refractivity contribution is 5.65. The Morgan fingerprint density at radius 3 is 1.36 bits per heavy atom. The highest BCUT2D eigenvalue weighted by Gasteiger charge is 2.37. The summed E-state index contributed by atoms with van der Waals surface area (Å²) in [5.41, 5.74) is 0. The summed E-state index contributed by atoms with van der Waals surface area (Å²) in [6, 6.07) is 0. The maximum atomic E-state index is 10.8. The van der Waals surface area contributed by atoms with Gasteiger partial charge in [0.2, 0.25) is 0 Å². The lowest BCUT2D eigenvalue weighted by Gasteiger charge is -2.46. The number of allylic oxidation sites excluding steroid dienone is 2. The minimum Gasteiger partial charge on any atom is -0.548 e. The van der Waals surface area contributed by atoms with Gasteiger partial charge in [-0.3, -0.25) is 0 Å². The summed E-state index contributed by atoms with van der Waals surface area (Å²) in [7, 11) is 0. The molecule has 0 aliphatic heterocycles. The van der Waals surface area contributed by atoms with Gasteiger partial charge >= 0.3 is 0 Å². The molecule has 0 radical (unpaired) electrons. The van der Waals surface area contributed by atoms with Crippen LogP contribution < -0.4 is 10.2 Å². The number of quaternary nitrogens is 2. The standard InChI is InChI=1S/C47H88N2O10/c1-8-12-13-14-15-16-17-18-19-20-21-22-23-24-25-26-29-48(27-9-2,38-43(5)58-36-33-55-41-46(50)51)30-31-49(28-10-3,39-44(6)57-35-32-54-11-4)40-45(7)59-37-34-56-42-47(52)53/h9-10,18-19,43-45H,2-3,8,11-17,20-42H2,1,4-7H3/b19-18+. The highest BCUT2D eigenvalue weighted by atomic mass is 16.5. The van der Waals surface area contributed by atoms with E-state index in [1.807, 2.05) is 26.0 Å². The summed E-state index contributed by atoms with van der Waals surface area (Å²) in [6.07, 6.45) is 26.2. The fraction of sp³-hybridized carbons (Fsp3) is 0.830. The van der Waals surface area contributed by atoms with E-state index in [9.17, 15) is 19.8 Å². The molecule has 0 aromatic rings. The second-order valence-corrected chi connectivity index (χ2v) is 16.4. The number of rotatable bonds is 46. The molecule has 0 spiro atoms. The summed E-state index contributed by atoms with van der Waals surface area (Å²) in [6.45, 7) is 27.0. The van der Waals surface area contributed by atoms with Crippen molar-refractivity contribution in [2.45, 2.75) is 143 Å². The molecular formula is C47H88N2O10. The molecule has 5 atom stereocenters. The van der Waals surface area contributed by atoms with Crippen LogP contribution in [-0.2, 0) is 38.0 Å². The molecule has 0 fully saturated rings. The first-order valence-electron chi connectivity index (χ1n) is 23.0. The molecule has 0 saturated carbocycles. The molecule has 0 aliphatic rings. The summed E-state index contributed by atoms with van der Waals surface area (Å²) < 4.78 is 36.0. The van der Waals surface area contributed by atoms with Crippen molar-refractivity contribution < 1.29 is 57.2 Å². The number of hydrogen-bond donors (Lipinski definition) is 0. The van der Waals surface area contributed by atoms with Crippen molar-refractivity contribution in [1.82, 2.24) is 0 Å². The van der Waals surface area contributed by atoms with Gasteiger partial charge in [0.05, 0.1) is 84.4 Å². The zero-order chi connectivity index (χ0) is 43.9. The van der Waals surface area contributed by atoms with Crippen molar-refractivity contribution in [2.75, 3.05) is 112 Å². The summed E-state index contributed by atoms with van der Waals surface area (Å²) in [5.74, 6) is -2.49. The third kappa shape index (κ3) is 34.2. The van der Waals surface area contributed by atoms with E-state index in [0.29, 0.717) is 37.5 Å². The number of carboxylic acid groups (broad SMARTS) is 2. The van der Waals surface area contributed by atoms with E-state index in [0.717, 1.165) is 56.7 Å². The molecule has 0 N–H and O–H groups in total. The van der Waals surface area contributed by atoms with Crippen molar-refractivity contribution >= 4 is 11.9 Å². The first kappa shape index (κ1) is 56.8. The van der Waals surface area contributed by atoms with E-state index >= 15 is 0 Å². The fourth-order valence-electron chi connectivity index (χ4n) is 7.89. The molecule has 0 bridgehead atoms. The quantitative estimate of drug-likeness (QED) is 0.0420. The second kappa shape index (κ2) is 38.7. The van der Waals surface area contributed by atoms with E-state index < -0.39 is 25.2 Å². The topological polar surface area (TPSA) is 136 Å². The molecule has 0 aromatic carbocycles. The number of aliphatic carboxylic acids is 2. The Balaban J connectivity index is 5.78. The van der Waals surface area contributed by atoms with E-state index in [2.05, 4.69) is 46.1 Å². The van der Waals surface area contributed by atoms with Crippen molar-refractivity contribution in [3.05, 3.63) is 37.5 Å². The molecule has 0 saturated heterocycles. The Morgan fingerprint density at radius 2 is 0.915 bits per heavy atom. The number of carbonyl (C=O) groups is 2. The Hall–Kier alpha value is -2.16. The van der Waals surface area contributed by atoms with Gasteiger partial charge in [0.15, 0.2) is 0 Å². The first-order chi connectivity index (χ1) is 28.5. The van der Waals surface area contributed by atoms with E-state index in [1.54, 1.807) is 0 Å². The van der Waals surface area contributed by atoms with Crippen LogP contribution in [0.5, 0.6) is 0 Å². The van der Waals surface area contributed by atoms with Crippen molar-refractivity contribution in [1.29, 1.82) is 0 Å². The molecule has 12 heteroatoms. The predicted molar refractivity (Wildman–Crippen MR) is 234 cm³/mol. The van der Waals surface area contributed by atoms with Gasteiger partial charge in [-0.2, -0.15) is 0 Å². The number of nitrogens with zero attached hydrogens (tertiary/aromatic N) is 2. The summed E-state index contributed by atoms with van der Waals surface area (Å²) in [5, 5.41) is 21.6. The van der Waals surface area contributed by atoms with Crippen LogP contribution in [-0.4, -0.2) is 151 Å². The van der Waals surface area contributed by atoms with Gasteiger partial charge in [-0.05, 0) is 78.4 Å². The lowest BCUT2D eigenvalue weighted by molar-refractivity contribution is -0.979. The van der Waals surface area contributed by atoms with Crippen LogP contribution in [0.3, 0.4) is 0 Å². The monoisotopic (exact) mass is 841 g/mol. The van der Waals surface area contributed by atoms with Gasteiger partial charge in [0, 0.05) is 6.61 Å². The van der Waals surface area contributed by atoms with Gasteiger partial charge in [-0.15, -0.1) is 0 Å². The number of unbranched alkanes of at least 4 members (excludes halogenated alkanes) is 12. The van der Waals surface area contributed by atoms with Gasteiger partial charge in [-0.1, -0.05) is 83.6 Å². The smallest absolute Gasteiger partial charge is 0.129 e. The largest absolute Gasteiger partial charge is 0.548 e. The lowest BCUT2D eigenvalue weighted by atomic mass is 10.1. The van der Waals surface area contributed by atoms with E-state index in [4.69, 9.17) is 28.4 Å². The SMILES string of the molecule is C=CC[N+](CCCCCCCC/C=C/CCCCCCCC)(CC[N+](CC=C)(CC(C)OCCOCC)CC(C)OCCOCC(=O)[O-])CC(C)OCCOCC(=O)[O-]. The molecule has 0 rings (SSSR count). The fourth-order valence-corrected chi connectivity index (χ4v) is 7.89.